The number of hydrogen-bond acceptors (Lipinski definition) is 6. The van der Waals surface area contributed by atoms with Crippen LogP contribution >= 0.6 is 0 Å². The minimum absolute atomic E-state index is 0.00960. The Balaban J connectivity index is 1.99. The van der Waals surface area contributed by atoms with E-state index in [0.29, 0.717) is 0 Å². The van der Waals surface area contributed by atoms with E-state index in [-0.39, 0.29) is 21.9 Å². The van der Waals surface area contributed by atoms with Crippen molar-refractivity contribution in [3.63, 3.8) is 0 Å². The SMILES string of the molecule is CS(=O)(=O)c1cccc(NC(=O)COC(=O)c2ccccc2OC(F)F)c1. The molecule has 0 aliphatic carbocycles. The number of rotatable bonds is 7. The molecule has 27 heavy (non-hydrogen) atoms. The van der Waals surface area contributed by atoms with Crippen LogP contribution in [0.1, 0.15) is 10.4 Å². The second-order valence-electron chi connectivity index (χ2n) is 5.30. The molecular formula is C17H15F2NO6S. The zero-order valence-electron chi connectivity index (χ0n) is 14.0. The van der Waals surface area contributed by atoms with Gasteiger partial charge in [-0.05, 0) is 30.3 Å². The van der Waals surface area contributed by atoms with E-state index in [1.54, 1.807) is 0 Å². The number of carbonyl (C=O) groups excluding carboxylic acids is 2. The number of anilines is 1. The first kappa shape index (κ1) is 20.3. The number of benzene rings is 2. The summed E-state index contributed by atoms with van der Waals surface area (Å²) in [6, 6.07) is 10.7. The largest absolute Gasteiger partial charge is 0.452 e. The van der Waals surface area contributed by atoms with Gasteiger partial charge >= 0.3 is 12.6 Å². The van der Waals surface area contributed by atoms with Crippen LogP contribution in [0.5, 0.6) is 5.75 Å². The Bertz CT molecular complexity index is 946. The number of nitrogens with one attached hydrogen (secondary N) is 1. The predicted octanol–water partition coefficient (Wildman–Crippen LogP) is 2.49. The summed E-state index contributed by atoms with van der Waals surface area (Å²) in [6.07, 6.45) is 1.02. The Labute approximate surface area is 153 Å². The Morgan fingerprint density at radius 1 is 1.11 bits per heavy atom. The van der Waals surface area contributed by atoms with Gasteiger partial charge in [0.2, 0.25) is 0 Å². The molecule has 2 rings (SSSR count). The monoisotopic (exact) mass is 399 g/mol. The fraction of sp³-hybridized carbons (Fsp3) is 0.176. The second kappa shape index (κ2) is 8.58. The number of amides is 1. The highest BCUT2D eigenvalue weighted by Crippen LogP contribution is 2.21. The average molecular weight is 399 g/mol. The van der Waals surface area contributed by atoms with Gasteiger partial charge in [0.25, 0.3) is 5.91 Å². The molecule has 0 fully saturated rings. The topological polar surface area (TPSA) is 98.8 Å². The molecule has 2 aromatic rings. The molecule has 2 aromatic carbocycles. The lowest BCUT2D eigenvalue weighted by Gasteiger charge is -2.10. The summed E-state index contributed by atoms with van der Waals surface area (Å²) >= 11 is 0. The first-order valence-electron chi connectivity index (χ1n) is 7.48. The molecule has 144 valence electrons. The van der Waals surface area contributed by atoms with Crippen LogP contribution in [0, 0.1) is 0 Å². The lowest BCUT2D eigenvalue weighted by molar-refractivity contribution is -0.119. The van der Waals surface area contributed by atoms with Crippen molar-refractivity contribution in [3.8, 4) is 5.75 Å². The third kappa shape index (κ3) is 6.03. The minimum atomic E-state index is -3.45. The van der Waals surface area contributed by atoms with Crippen LogP contribution in [-0.2, 0) is 19.4 Å². The van der Waals surface area contributed by atoms with Crippen LogP contribution in [-0.4, -0.2) is 39.8 Å². The van der Waals surface area contributed by atoms with Crippen molar-refractivity contribution < 1.29 is 36.3 Å². The second-order valence-corrected chi connectivity index (χ2v) is 7.31. The van der Waals surface area contributed by atoms with Crippen molar-refractivity contribution in [2.45, 2.75) is 11.5 Å². The van der Waals surface area contributed by atoms with E-state index in [4.69, 9.17) is 4.74 Å². The third-order valence-corrected chi connectivity index (χ3v) is 4.31. The maximum Gasteiger partial charge on any atom is 0.387 e. The molecule has 1 N–H and O–H groups in total. The van der Waals surface area contributed by atoms with E-state index in [1.165, 1.54) is 48.5 Å². The van der Waals surface area contributed by atoms with Gasteiger partial charge in [0, 0.05) is 11.9 Å². The van der Waals surface area contributed by atoms with E-state index in [9.17, 15) is 26.8 Å². The minimum Gasteiger partial charge on any atom is -0.452 e. The highest BCUT2D eigenvalue weighted by Gasteiger charge is 2.18. The number of ether oxygens (including phenoxy) is 2. The van der Waals surface area contributed by atoms with E-state index >= 15 is 0 Å². The van der Waals surface area contributed by atoms with Gasteiger partial charge in [-0.3, -0.25) is 4.79 Å². The lowest BCUT2D eigenvalue weighted by Crippen LogP contribution is -2.21. The first-order chi connectivity index (χ1) is 12.7. The smallest absolute Gasteiger partial charge is 0.387 e. The Morgan fingerprint density at radius 2 is 1.81 bits per heavy atom. The van der Waals surface area contributed by atoms with Gasteiger partial charge in [0.15, 0.2) is 16.4 Å². The zero-order valence-corrected chi connectivity index (χ0v) is 14.8. The summed E-state index contributed by atoms with van der Waals surface area (Å²) in [5.41, 5.74) is -0.0647. The van der Waals surface area contributed by atoms with E-state index in [1.807, 2.05) is 0 Å². The average Bonchev–Trinajstić information content (AvgIpc) is 2.59. The van der Waals surface area contributed by atoms with Gasteiger partial charge in [-0.25, -0.2) is 13.2 Å². The molecule has 0 aliphatic rings. The maximum atomic E-state index is 12.4. The van der Waals surface area contributed by atoms with E-state index < -0.39 is 34.9 Å². The van der Waals surface area contributed by atoms with Crippen LogP contribution in [0.25, 0.3) is 0 Å². The number of para-hydroxylation sites is 1. The molecule has 0 bridgehead atoms. The van der Waals surface area contributed by atoms with Crippen molar-refractivity contribution >= 4 is 27.4 Å². The van der Waals surface area contributed by atoms with E-state index in [0.717, 1.165) is 6.26 Å². The molecule has 0 aliphatic heterocycles. The van der Waals surface area contributed by atoms with Crippen molar-refractivity contribution in [2.75, 3.05) is 18.2 Å². The number of halogens is 2. The summed E-state index contributed by atoms with van der Waals surface area (Å²) < 4.78 is 56.7. The van der Waals surface area contributed by atoms with Gasteiger partial charge < -0.3 is 14.8 Å². The van der Waals surface area contributed by atoms with Crippen LogP contribution < -0.4 is 10.1 Å². The summed E-state index contributed by atoms with van der Waals surface area (Å²) in [4.78, 5) is 23.9. The van der Waals surface area contributed by atoms with Gasteiger partial charge in [-0.1, -0.05) is 18.2 Å². The van der Waals surface area contributed by atoms with Crippen LogP contribution in [0.15, 0.2) is 53.4 Å². The van der Waals surface area contributed by atoms with Crippen LogP contribution in [0.2, 0.25) is 0 Å². The predicted molar refractivity (Wildman–Crippen MR) is 91.5 cm³/mol. The van der Waals surface area contributed by atoms with Crippen LogP contribution in [0.3, 0.4) is 0 Å². The van der Waals surface area contributed by atoms with Gasteiger partial charge in [-0.15, -0.1) is 0 Å². The molecular weight excluding hydrogens is 384 g/mol. The highest BCUT2D eigenvalue weighted by molar-refractivity contribution is 7.90. The molecule has 0 saturated heterocycles. The quantitative estimate of drug-likeness (QED) is 0.719. The number of esters is 1. The van der Waals surface area contributed by atoms with Gasteiger partial charge in [-0.2, -0.15) is 8.78 Å². The molecule has 0 unspecified atom stereocenters. The van der Waals surface area contributed by atoms with E-state index in [2.05, 4.69) is 10.1 Å². The molecule has 0 saturated carbocycles. The molecule has 0 aromatic heterocycles. The lowest BCUT2D eigenvalue weighted by atomic mass is 10.2. The normalized spacial score (nSPS) is 11.1. The summed E-state index contributed by atoms with van der Waals surface area (Å²) in [5.74, 6) is -2.13. The third-order valence-electron chi connectivity index (χ3n) is 3.20. The Hall–Kier alpha value is -3.01. The fourth-order valence-electron chi connectivity index (χ4n) is 2.04. The zero-order chi connectivity index (χ0) is 20.0. The van der Waals surface area contributed by atoms with Crippen molar-refractivity contribution in [1.29, 1.82) is 0 Å². The number of carbonyl (C=O) groups is 2. The maximum absolute atomic E-state index is 12.4. The van der Waals surface area contributed by atoms with Crippen molar-refractivity contribution in [2.24, 2.45) is 0 Å². The van der Waals surface area contributed by atoms with Gasteiger partial charge in [0.05, 0.1) is 4.90 Å². The molecule has 0 atom stereocenters. The van der Waals surface area contributed by atoms with Crippen LogP contribution in [0.4, 0.5) is 14.5 Å². The Kier molecular flexibility index (Phi) is 6.45. The first-order valence-corrected chi connectivity index (χ1v) is 9.37. The van der Waals surface area contributed by atoms with Gasteiger partial charge in [0.1, 0.15) is 11.3 Å². The van der Waals surface area contributed by atoms with Crippen molar-refractivity contribution in [1.82, 2.24) is 0 Å². The summed E-state index contributed by atoms with van der Waals surface area (Å²) in [5, 5.41) is 2.38. The molecule has 7 nitrogen and oxygen atoms in total. The molecule has 0 heterocycles. The standard InChI is InChI=1S/C17H15F2NO6S/c1-27(23,24)12-6-4-5-11(9-12)20-15(21)10-25-16(22)13-7-2-3-8-14(13)26-17(18)19/h2-9,17H,10H2,1H3,(H,20,21). The summed E-state index contributed by atoms with van der Waals surface area (Å²) in [7, 11) is -3.45. The number of sulfone groups is 1. The number of alkyl halides is 2. The molecule has 1 amide bonds. The number of hydrogen-bond donors (Lipinski definition) is 1. The fourth-order valence-corrected chi connectivity index (χ4v) is 2.71. The van der Waals surface area contributed by atoms with Crippen molar-refractivity contribution in [3.05, 3.63) is 54.1 Å². The molecule has 0 radical (unpaired) electrons. The highest BCUT2D eigenvalue weighted by atomic mass is 32.2. The molecule has 0 spiro atoms. The Morgan fingerprint density at radius 3 is 2.48 bits per heavy atom. The summed E-state index contributed by atoms with van der Waals surface area (Å²) in [6.45, 7) is -3.82. The molecule has 10 heteroatoms.